The number of pyridine rings is 1. The van der Waals surface area contributed by atoms with Crippen LogP contribution in [0.25, 0.3) is 5.32 Å². The molecule has 0 saturated carbocycles. The number of nitrogens with zero attached hydrogens (tertiary/aromatic N) is 2. The Morgan fingerprint density at radius 1 is 1.17 bits per heavy atom. The molecule has 2 amide bonds. The number of fused-ring (bicyclic) bond motifs is 1. The van der Waals surface area contributed by atoms with E-state index < -0.39 is 11.8 Å². The summed E-state index contributed by atoms with van der Waals surface area (Å²) in [7, 11) is 0. The number of hydrogen-bond donors (Lipinski definition) is 0. The number of aromatic nitrogens is 1. The first-order chi connectivity index (χ1) is 5.29. The van der Waals surface area contributed by atoms with Gasteiger partial charge in [0.1, 0.15) is 0 Å². The van der Waals surface area contributed by atoms with Crippen molar-refractivity contribution in [3.8, 4) is 0 Å². The number of hydrogen-bond acceptors (Lipinski definition) is 3. The van der Waals surface area contributed by atoms with Crippen LogP contribution >= 0.6 is 0 Å². The molecule has 4 nitrogen and oxygen atoms in total. The quantitative estimate of drug-likeness (QED) is 0.340. The SMILES string of the molecule is O=C1[N-]C(=O)c2cnccc21.[K+]. The molecule has 1 aliphatic heterocycles. The molecule has 0 aromatic carbocycles. The molecule has 1 aromatic heterocycles. The van der Waals surface area contributed by atoms with Crippen molar-refractivity contribution in [2.75, 3.05) is 0 Å². The third kappa shape index (κ3) is 1.50. The zero-order chi connectivity index (χ0) is 7.84. The second kappa shape index (κ2) is 3.76. The zero-order valence-electron chi connectivity index (χ0n) is 6.44. The van der Waals surface area contributed by atoms with Crippen LogP contribution in [0.15, 0.2) is 18.5 Å². The maximum Gasteiger partial charge on any atom is 1.00 e. The number of rotatable bonds is 0. The molecular weight excluding hydrogens is 183 g/mol. The van der Waals surface area contributed by atoms with Gasteiger partial charge < -0.3 is 14.9 Å². The molecule has 0 atom stereocenters. The van der Waals surface area contributed by atoms with E-state index in [0.29, 0.717) is 11.1 Å². The summed E-state index contributed by atoms with van der Waals surface area (Å²) in [5.74, 6) is -0.953. The molecule has 2 heterocycles. The van der Waals surface area contributed by atoms with Gasteiger partial charge in [0.05, 0.1) is 11.8 Å². The Bertz CT molecular complexity index is 318. The van der Waals surface area contributed by atoms with E-state index in [4.69, 9.17) is 0 Å². The maximum atomic E-state index is 10.9. The van der Waals surface area contributed by atoms with Gasteiger partial charge in [0, 0.05) is 23.5 Å². The van der Waals surface area contributed by atoms with E-state index in [1.54, 1.807) is 0 Å². The van der Waals surface area contributed by atoms with E-state index in [1.807, 2.05) is 0 Å². The molecule has 1 aliphatic rings. The van der Waals surface area contributed by atoms with Gasteiger partial charge in [0.25, 0.3) is 0 Å². The van der Waals surface area contributed by atoms with Gasteiger partial charge in [-0.05, 0) is 6.07 Å². The maximum absolute atomic E-state index is 10.9. The first-order valence-electron chi connectivity index (χ1n) is 3.03. The van der Waals surface area contributed by atoms with Crippen molar-refractivity contribution in [1.82, 2.24) is 4.98 Å². The van der Waals surface area contributed by atoms with Crippen LogP contribution in [0, 0.1) is 0 Å². The van der Waals surface area contributed by atoms with Crippen molar-refractivity contribution in [1.29, 1.82) is 0 Å². The third-order valence-electron chi connectivity index (χ3n) is 1.48. The van der Waals surface area contributed by atoms with Crippen LogP contribution in [0.1, 0.15) is 20.7 Å². The normalized spacial score (nSPS) is 13.3. The van der Waals surface area contributed by atoms with Gasteiger partial charge in [-0.1, -0.05) is 0 Å². The molecule has 0 bridgehead atoms. The van der Waals surface area contributed by atoms with E-state index in [2.05, 4.69) is 10.3 Å². The van der Waals surface area contributed by atoms with Gasteiger partial charge >= 0.3 is 51.4 Å². The topological polar surface area (TPSA) is 61.1 Å². The van der Waals surface area contributed by atoms with Gasteiger partial charge in [0.2, 0.25) is 0 Å². The van der Waals surface area contributed by atoms with E-state index in [1.165, 1.54) is 18.5 Å². The fraction of sp³-hybridized carbons (Fsp3) is 0. The summed E-state index contributed by atoms with van der Waals surface area (Å²) in [5.41, 5.74) is 0.655. The summed E-state index contributed by atoms with van der Waals surface area (Å²) in [6.45, 7) is 0. The standard InChI is InChI=1S/C7H4N2O2.K/c10-6-4-1-2-8-3-5(4)7(11)9-6;/h1-3H,(H,9,10,11);/q;+1/p-1. The molecule has 1 aromatic rings. The molecule has 0 unspecified atom stereocenters. The van der Waals surface area contributed by atoms with Crippen LogP contribution in [0.3, 0.4) is 0 Å². The second-order valence-electron chi connectivity index (χ2n) is 2.14. The first-order valence-corrected chi connectivity index (χ1v) is 3.03. The summed E-state index contributed by atoms with van der Waals surface area (Å²) in [4.78, 5) is 25.4. The minimum Gasteiger partial charge on any atom is -0.587 e. The Balaban J connectivity index is 0.000000720. The molecule has 0 saturated heterocycles. The Morgan fingerprint density at radius 3 is 2.50 bits per heavy atom. The fourth-order valence-corrected chi connectivity index (χ4v) is 0.964. The predicted octanol–water partition coefficient (Wildman–Crippen LogP) is -2.25. The van der Waals surface area contributed by atoms with Gasteiger partial charge in [-0.25, -0.2) is 0 Å². The minimum atomic E-state index is -0.488. The van der Waals surface area contributed by atoms with Crippen molar-refractivity contribution in [2.45, 2.75) is 0 Å². The number of carbonyl (C=O) groups excluding carboxylic acids is 2. The summed E-state index contributed by atoms with van der Waals surface area (Å²) < 4.78 is 0. The fourth-order valence-electron chi connectivity index (χ4n) is 0.964. The van der Waals surface area contributed by atoms with Crippen LogP contribution in [0.2, 0.25) is 0 Å². The Hall–Kier alpha value is -0.0736. The summed E-state index contributed by atoms with van der Waals surface area (Å²) >= 11 is 0. The van der Waals surface area contributed by atoms with Crippen LogP contribution < -0.4 is 51.4 Å². The molecular formula is C7H3KN2O2. The molecule has 0 N–H and O–H groups in total. The predicted molar refractivity (Wildman–Crippen MR) is 36.3 cm³/mol. The van der Waals surface area contributed by atoms with Crippen LogP contribution in [-0.2, 0) is 0 Å². The first kappa shape index (κ1) is 10.0. The summed E-state index contributed by atoms with van der Waals surface area (Å²) in [6.07, 6.45) is 2.82. The number of carbonyl (C=O) groups is 2. The van der Waals surface area contributed by atoms with E-state index >= 15 is 0 Å². The van der Waals surface area contributed by atoms with Gasteiger partial charge in [-0.15, -0.1) is 0 Å². The van der Waals surface area contributed by atoms with Crippen LogP contribution in [0.5, 0.6) is 0 Å². The van der Waals surface area contributed by atoms with Gasteiger partial charge in [0.15, 0.2) is 0 Å². The molecule has 0 aliphatic carbocycles. The van der Waals surface area contributed by atoms with Gasteiger partial charge in [-0.3, -0.25) is 4.98 Å². The van der Waals surface area contributed by atoms with Crippen molar-refractivity contribution in [2.24, 2.45) is 0 Å². The average Bonchev–Trinajstić information content (AvgIpc) is 2.30. The molecule has 0 radical (unpaired) electrons. The third-order valence-corrected chi connectivity index (χ3v) is 1.48. The molecule has 0 fully saturated rings. The van der Waals surface area contributed by atoms with E-state index in [-0.39, 0.29) is 51.4 Å². The van der Waals surface area contributed by atoms with Crippen LogP contribution in [0.4, 0.5) is 0 Å². The van der Waals surface area contributed by atoms with Crippen molar-refractivity contribution in [3.63, 3.8) is 0 Å². The molecule has 2 rings (SSSR count). The minimum absolute atomic E-state index is 0. The van der Waals surface area contributed by atoms with Crippen molar-refractivity contribution >= 4 is 11.8 Å². The molecule has 12 heavy (non-hydrogen) atoms. The van der Waals surface area contributed by atoms with Crippen molar-refractivity contribution in [3.05, 3.63) is 34.9 Å². The Kier molecular flexibility index (Phi) is 3.13. The molecule has 54 valence electrons. The Labute approximate surface area is 111 Å². The monoisotopic (exact) mass is 186 g/mol. The van der Waals surface area contributed by atoms with Crippen LogP contribution in [-0.4, -0.2) is 16.8 Å². The Morgan fingerprint density at radius 2 is 1.83 bits per heavy atom. The zero-order valence-corrected chi connectivity index (χ0v) is 9.57. The van der Waals surface area contributed by atoms with Gasteiger partial charge in [-0.2, -0.15) is 0 Å². The number of amides is 2. The molecule has 0 spiro atoms. The smallest absolute Gasteiger partial charge is 0.587 e. The van der Waals surface area contributed by atoms with E-state index in [9.17, 15) is 9.59 Å². The molecule has 5 heteroatoms. The van der Waals surface area contributed by atoms with E-state index in [0.717, 1.165) is 0 Å². The summed E-state index contributed by atoms with van der Waals surface area (Å²) in [6, 6.07) is 1.49. The van der Waals surface area contributed by atoms with Crippen molar-refractivity contribution < 1.29 is 61.0 Å². The summed E-state index contributed by atoms with van der Waals surface area (Å²) in [5, 5.41) is 3.24. The largest absolute Gasteiger partial charge is 1.00 e. The average molecular weight is 186 g/mol. The second-order valence-corrected chi connectivity index (χ2v) is 2.14. The number of imide groups is 1.